The fraction of sp³-hybridized carbons (Fsp3) is 0.300. The van der Waals surface area contributed by atoms with Crippen molar-refractivity contribution in [3.05, 3.63) is 22.7 Å². The van der Waals surface area contributed by atoms with Gasteiger partial charge in [-0.15, -0.1) is 22.0 Å². The highest BCUT2D eigenvalue weighted by Crippen LogP contribution is 2.25. The van der Waals surface area contributed by atoms with Gasteiger partial charge in [-0.25, -0.2) is 0 Å². The molecule has 2 aromatic rings. The average molecular weight is 333 g/mol. The predicted molar refractivity (Wildman–Crippen MR) is 68.1 cm³/mol. The number of aliphatic carboxylic acids is 1. The van der Waals surface area contributed by atoms with Crippen LogP contribution in [0.25, 0.3) is 11.7 Å². The third-order valence-corrected chi connectivity index (χ3v) is 3.60. The summed E-state index contributed by atoms with van der Waals surface area (Å²) in [5, 5.41) is 15.9. The van der Waals surface area contributed by atoms with Crippen molar-refractivity contribution in [2.24, 2.45) is 0 Å². The third kappa shape index (κ3) is 3.14. The minimum Gasteiger partial charge on any atom is -0.480 e. The summed E-state index contributed by atoms with van der Waals surface area (Å²) in [4.78, 5) is 10.6. The number of thioether (sulfide) groups is 1. The van der Waals surface area contributed by atoms with Crippen molar-refractivity contribution >= 4 is 33.7 Å². The Hall–Kier alpha value is -1.28. The van der Waals surface area contributed by atoms with Crippen LogP contribution in [-0.4, -0.2) is 26.5 Å². The number of aromatic nitrogens is 2. The van der Waals surface area contributed by atoms with Crippen molar-refractivity contribution in [3.63, 3.8) is 0 Å². The van der Waals surface area contributed by atoms with Crippen LogP contribution in [0.5, 0.6) is 0 Å². The molecular weight excluding hydrogens is 324 g/mol. The van der Waals surface area contributed by atoms with E-state index in [1.54, 1.807) is 19.1 Å². The van der Waals surface area contributed by atoms with E-state index in [4.69, 9.17) is 13.9 Å². The van der Waals surface area contributed by atoms with Gasteiger partial charge < -0.3 is 13.9 Å². The molecule has 1 unspecified atom stereocenters. The largest absolute Gasteiger partial charge is 0.480 e. The Bertz CT molecular complexity index is 554. The Kier molecular flexibility index (Phi) is 4.07. The second-order valence-corrected chi connectivity index (χ2v) is 5.51. The van der Waals surface area contributed by atoms with Crippen LogP contribution in [0.3, 0.4) is 0 Å². The molecule has 2 aromatic heterocycles. The Balaban J connectivity index is 2.00. The highest BCUT2D eigenvalue weighted by atomic mass is 79.9. The standard InChI is InChI=1S/C10H9BrN2O4S/c1-5(10(14)15)18-4-8-12-13-9(17-8)6-2-3-7(11)16-6/h2-3,5H,4H2,1H3,(H,14,15). The van der Waals surface area contributed by atoms with E-state index in [1.807, 2.05) is 0 Å². The minimum atomic E-state index is -0.866. The summed E-state index contributed by atoms with van der Waals surface area (Å²) in [7, 11) is 0. The van der Waals surface area contributed by atoms with Crippen molar-refractivity contribution in [3.8, 4) is 11.7 Å². The molecule has 0 saturated carbocycles. The van der Waals surface area contributed by atoms with Gasteiger partial charge in [-0.1, -0.05) is 0 Å². The van der Waals surface area contributed by atoms with Gasteiger partial charge in [0.1, 0.15) is 0 Å². The summed E-state index contributed by atoms with van der Waals surface area (Å²) >= 11 is 4.39. The molecule has 1 N–H and O–H groups in total. The fourth-order valence-corrected chi connectivity index (χ4v) is 2.07. The van der Waals surface area contributed by atoms with Crippen LogP contribution in [0.1, 0.15) is 12.8 Å². The van der Waals surface area contributed by atoms with Crippen LogP contribution in [0.15, 0.2) is 25.6 Å². The lowest BCUT2D eigenvalue weighted by Crippen LogP contribution is -2.11. The number of hydrogen-bond donors (Lipinski definition) is 1. The van der Waals surface area contributed by atoms with Crippen molar-refractivity contribution in [2.75, 3.05) is 0 Å². The molecule has 0 aliphatic rings. The molecule has 0 fully saturated rings. The summed E-state index contributed by atoms with van der Waals surface area (Å²) in [5.74, 6) is 0.601. The lowest BCUT2D eigenvalue weighted by Gasteiger charge is -2.01. The molecule has 8 heteroatoms. The van der Waals surface area contributed by atoms with Gasteiger partial charge in [-0.3, -0.25) is 4.79 Å². The van der Waals surface area contributed by atoms with Gasteiger partial charge in [0.15, 0.2) is 10.4 Å². The normalized spacial score (nSPS) is 12.6. The molecule has 18 heavy (non-hydrogen) atoms. The van der Waals surface area contributed by atoms with Gasteiger partial charge in [0, 0.05) is 0 Å². The first-order valence-electron chi connectivity index (χ1n) is 4.99. The fourth-order valence-electron chi connectivity index (χ4n) is 1.11. The molecule has 2 heterocycles. The molecule has 1 atom stereocenters. The van der Waals surface area contributed by atoms with Gasteiger partial charge in [0.2, 0.25) is 5.89 Å². The zero-order valence-corrected chi connectivity index (χ0v) is 11.7. The van der Waals surface area contributed by atoms with Crippen LogP contribution in [-0.2, 0) is 10.5 Å². The Morgan fingerprint density at radius 1 is 1.50 bits per heavy atom. The number of carboxylic acids is 1. The SMILES string of the molecule is CC(SCc1nnc(-c2ccc(Br)o2)o1)C(=O)O. The van der Waals surface area contributed by atoms with Crippen molar-refractivity contribution < 1.29 is 18.7 Å². The molecule has 6 nitrogen and oxygen atoms in total. The topological polar surface area (TPSA) is 89.4 Å². The smallest absolute Gasteiger partial charge is 0.316 e. The third-order valence-electron chi connectivity index (χ3n) is 2.06. The van der Waals surface area contributed by atoms with E-state index in [1.165, 1.54) is 11.8 Å². The van der Waals surface area contributed by atoms with Gasteiger partial charge in [0.25, 0.3) is 5.89 Å². The van der Waals surface area contributed by atoms with E-state index in [2.05, 4.69) is 26.1 Å². The second kappa shape index (κ2) is 5.57. The molecular formula is C10H9BrN2O4S. The number of rotatable bonds is 5. The van der Waals surface area contributed by atoms with E-state index >= 15 is 0 Å². The first-order valence-corrected chi connectivity index (χ1v) is 6.83. The van der Waals surface area contributed by atoms with E-state index in [0.29, 0.717) is 22.1 Å². The van der Waals surface area contributed by atoms with Crippen molar-refractivity contribution in [2.45, 2.75) is 17.9 Å². The summed E-state index contributed by atoms with van der Waals surface area (Å²) in [6.07, 6.45) is 0. The highest BCUT2D eigenvalue weighted by Gasteiger charge is 2.15. The average Bonchev–Trinajstić information content (AvgIpc) is 2.94. The molecule has 96 valence electrons. The first kappa shape index (κ1) is 13.2. The summed E-state index contributed by atoms with van der Waals surface area (Å²) in [6.45, 7) is 1.61. The lowest BCUT2D eigenvalue weighted by molar-refractivity contribution is -0.136. The minimum absolute atomic E-state index is 0.277. The molecule has 0 aromatic carbocycles. The molecule has 0 amide bonds. The number of furan rings is 1. The molecule has 0 bridgehead atoms. The van der Waals surface area contributed by atoms with Crippen LogP contribution in [0.4, 0.5) is 0 Å². The Morgan fingerprint density at radius 2 is 2.28 bits per heavy atom. The van der Waals surface area contributed by atoms with Crippen LogP contribution in [0.2, 0.25) is 0 Å². The van der Waals surface area contributed by atoms with Gasteiger partial charge in [-0.05, 0) is 35.0 Å². The van der Waals surface area contributed by atoms with Gasteiger partial charge in [0.05, 0.1) is 11.0 Å². The number of carboxylic acid groups (broad SMARTS) is 1. The maximum Gasteiger partial charge on any atom is 0.316 e. The second-order valence-electron chi connectivity index (χ2n) is 3.40. The van der Waals surface area contributed by atoms with Crippen LogP contribution >= 0.6 is 27.7 Å². The maximum atomic E-state index is 10.6. The number of nitrogens with zero attached hydrogens (tertiary/aromatic N) is 2. The first-order chi connectivity index (χ1) is 8.56. The van der Waals surface area contributed by atoms with Gasteiger partial charge >= 0.3 is 5.97 Å². The van der Waals surface area contributed by atoms with Gasteiger partial charge in [-0.2, -0.15) is 0 Å². The molecule has 0 spiro atoms. The van der Waals surface area contributed by atoms with E-state index in [-0.39, 0.29) is 5.89 Å². The van der Waals surface area contributed by atoms with E-state index in [9.17, 15) is 4.79 Å². The molecule has 0 saturated heterocycles. The highest BCUT2D eigenvalue weighted by molar-refractivity contribution is 9.10. The summed E-state index contributed by atoms with van der Waals surface area (Å²) in [6, 6.07) is 3.43. The Morgan fingerprint density at radius 3 is 2.89 bits per heavy atom. The number of halogens is 1. The molecule has 0 radical (unpaired) electrons. The van der Waals surface area contributed by atoms with E-state index in [0.717, 1.165) is 0 Å². The lowest BCUT2D eigenvalue weighted by atomic mass is 10.5. The molecule has 0 aliphatic heterocycles. The molecule has 0 aliphatic carbocycles. The maximum absolute atomic E-state index is 10.6. The van der Waals surface area contributed by atoms with Crippen LogP contribution in [0, 0.1) is 0 Å². The van der Waals surface area contributed by atoms with Crippen LogP contribution < -0.4 is 0 Å². The summed E-state index contributed by atoms with van der Waals surface area (Å²) < 4.78 is 11.2. The zero-order valence-electron chi connectivity index (χ0n) is 9.29. The monoisotopic (exact) mass is 332 g/mol. The molecule has 2 rings (SSSR count). The number of carbonyl (C=O) groups is 1. The quantitative estimate of drug-likeness (QED) is 0.900. The zero-order chi connectivity index (χ0) is 13.1. The Labute approximate surface area is 115 Å². The van der Waals surface area contributed by atoms with E-state index < -0.39 is 11.2 Å². The predicted octanol–water partition coefficient (Wildman–Crippen LogP) is 2.80. The summed E-state index contributed by atoms with van der Waals surface area (Å²) in [5.41, 5.74) is 0. The van der Waals surface area contributed by atoms with Crippen molar-refractivity contribution in [1.82, 2.24) is 10.2 Å². The van der Waals surface area contributed by atoms with Crippen molar-refractivity contribution in [1.29, 1.82) is 0 Å². The number of hydrogen-bond acceptors (Lipinski definition) is 6.